The van der Waals surface area contributed by atoms with Gasteiger partial charge in [-0.05, 0) is 56.6 Å². The van der Waals surface area contributed by atoms with Crippen molar-refractivity contribution in [1.82, 2.24) is 14.2 Å². The maximum absolute atomic E-state index is 12.7. The minimum Gasteiger partial charge on any atom is -0.367 e. The molecule has 2 saturated heterocycles. The maximum atomic E-state index is 12.7. The highest BCUT2D eigenvalue weighted by Crippen LogP contribution is 2.27. The molecule has 1 aromatic rings. The number of pyridine rings is 1. The third-order valence-corrected chi connectivity index (χ3v) is 8.50. The molecule has 4 rings (SSSR count). The molecule has 0 aromatic carbocycles. The first-order chi connectivity index (χ1) is 13.6. The lowest BCUT2D eigenvalue weighted by molar-refractivity contribution is 0.189. The summed E-state index contributed by atoms with van der Waals surface area (Å²) >= 11 is 0. The highest BCUT2D eigenvalue weighted by molar-refractivity contribution is 7.89. The first kappa shape index (κ1) is 20.1. The second-order valence-electron chi connectivity index (χ2n) is 8.71. The Kier molecular flexibility index (Phi) is 6.53. The quantitative estimate of drug-likeness (QED) is 0.785. The van der Waals surface area contributed by atoms with Crippen LogP contribution in [0.2, 0.25) is 0 Å². The van der Waals surface area contributed by atoms with E-state index in [1.165, 1.54) is 38.4 Å². The van der Waals surface area contributed by atoms with Gasteiger partial charge < -0.3 is 10.2 Å². The van der Waals surface area contributed by atoms with Crippen molar-refractivity contribution in [3.8, 4) is 0 Å². The second kappa shape index (κ2) is 9.09. The highest BCUT2D eigenvalue weighted by Gasteiger charge is 2.27. The van der Waals surface area contributed by atoms with Crippen molar-refractivity contribution in [1.29, 1.82) is 0 Å². The number of hydrogen-bond donors (Lipinski definition) is 1. The molecule has 2 aliphatic heterocycles. The normalized spacial score (nSPS) is 23.9. The summed E-state index contributed by atoms with van der Waals surface area (Å²) in [7, 11) is -3.39. The highest BCUT2D eigenvalue weighted by atomic mass is 32.2. The van der Waals surface area contributed by atoms with Gasteiger partial charge in [0.2, 0.25) is 10.0 Å². The van der Waals surface area contributed by atoms with Gasteiger partial charge in [-0.3, -0.25) is 0 Å². The van der Waals surface area contributed by atoms with Crippen LogP contribution in [0.4, 0.5) is 5.82 Å². The van der Waals surface area contributed by atoms with Gasteiger partial charge in [0, 0.05) is 45.0 Å². The molecular weight excluding hydrogens is 372 g/mol. The average Bonchev–Trinajstić information content (AvgIpc) is 3.24. The maximum Gasteiger partial charge on any atom is 0.244 e. The molecule has 1 N–H and O–H groups in total. The Bertz CT molecular complexity index is 717. The summed E-state index contributed by atoms with van der Waals surface area (Å²) in [4.78, 5) is 7.34. The fourth-order valence-corrected chi connectivity index (χ4v) is 6.36. The summed E-state index contributed by atoms with van der Waals surface area (Å²) in [6.45, 7) is 4.82. The number of rotatable bonds is 6. The largest absolute Gasteiger partial charge is 0.367 e. The van der Waals surface area contributed by atoms with Crippen molar-refractivity contribution in [3.63, 3.8) is 0 Å². The van der Waals surface area contributed by atoms with Crippen molar-refractivity contribution in [2.45, 2.75) is 68.7 Å². The van der Waals surface area contributed by atoms with E-state index < -0.39 is 10.0 Å². The van der Waals surface area contributed by atoms with Crippen LogP contribution in [0.3, 0.4) is 0 Å². The predicted octanol–water partition coefficient (Wildman–Crippen LogP) is 3.32. The van der Waals surface area contributed by atoms with Crippen LogP contribution in [-0.4, -0.2) is 61.4 Å². The van der Waals surface area contributed by atoms with E-state index in [0.29, 0.717) is 24.0 Å². The number of aromatic nitrogens is 1. The van der Waals surface area contributed by atoms with Crippen LogP contribution in [0.15, 0.2) is 23.2 Å². The number of anilines is 1. The molecular formula is C21H34N4O2S. The summed E-state index contributed by atoms with van der Waals surface area (Å²) in [5, 5.41) is 3.51. The fourth-order valence-electron chi connectivity index (χ4n) is 4.90. The van der Waals surface area contributed by atoms with Gasteiger partial charge in [0.25, 0.3) is 0 Å². The second-order valence-corrected chi connectivity index (χ2v) is 10.7. The zero-order chi connectivity index (χ0) is 19.4. The fraction of sp³-hybridized carbons (Fsp3) is 0.762. The molecule has 156 valence electrons. The van der Waals surface area contributed by atoms with Crippen LogP contribution in [0.5, 0.6) is 0 Å². The Morgan fingerprint density at radius 3 is 2.29 bits per heavy atom. The molecule has 0 unspecified atom stereocenters. The standard InChI is InChI=1S/C21H34N4O2S/c26-28(27,25-12-4-1-5-13-25)20-8-9-21(22-16-20)23-19-10-14-24(15-11-19)17-18-6-2-3-7-18/h8-9,16,18-19H,1-7,10-15,17H2,(H,22,23). The van der Waals surface area contributed by atoms with Crippen LogP contribution in [0, 0.1) is 5.92 Å². The Hall–Kier alpha value is -1.18. The van der Waals surface area contributed by atoms with Gasteiger partial charge >= 0.3 is 0 Å². The number of nitrogens with zero attached hydrogens (tertiary/aromatic N) is 3. The lowest BCUT2D eigenvalue weighted by Crippen LogP contribution is -2.41. The van der Waals surface area contributed by atoms with E-state index in [4.69, 9.17) is 0 Å². The van der Waals surface area contributed by atoms with Crippen LogP contribution >= 0.6 is 0 Å². The van der Waals surface area contributed by atoms with Crippen molar-refractivity contribution < 1.29 is 8.42 Å². The van der Waals surface area contributed by atoms with Crippen molar-refractivity contribution in [2.24, 2.45) is 5.92 Å². The SMILES string of the molecule is O=S(=O)(c1ccc(NC2CCN(CC3CCCC3)CC2)nc1)N1CCCCC1. The van der Waals surface area contributed by atoms with E-state index >= 15 is 0 Å². The van der Waals surface area contributed by atoms with Crippen LogP contribution in [0.25, 0.3) is 0 Å². The molecule has 0 amide bonds. The summed E-state index contributed by atoms with van der Waals surface area (Å²) in [6.07, 6.45) is 12.4. The van der Waals surface area contributed by atoms with Crippen molar-refractivity contribution in [3.05, 3.63) is 18.3 Å². The van der Waals surface area contributed by atoms with E-state index in [9.17, 15) is 8.42 Å². The van der Waals surface area contributed by atoms with Crippen LogP contribution in [0.1, 0.15) is 57.8 Å². The van der Waals surface area contributed by atoms with Gasteiger partial charge in [-0.15, -0.1) is 0 Å². The summed E-state index contributed by atoms with van der Waals surface area (Å²) < 4.78 is 27.1. The molecule has 0 spiro atoms. The van der Waals surface area contributed by atoms with Gasteiger partial charge in [-0.2, -0.15) is 4.31 Å². The molecule has 7 heteroatoms. The first-order valence-electron chi connectivity index (χ1n) is 11.1. The van der Waals surface area contributed by atoms with E-state index in [-0.39, 0.29) is 0 Å². The minimum atomic E-state index is -3.39. The molecule has 6 nitrogen and oxygen atoms in total. The molecule has 3 aliphatic rings. The van der Waals surface area contributed by atoms with Crippen LogP contribution in [-0.2, 0) is 10.0 Å². The number of sulfonamides is 1. The molecule has 0 bridgehead atoms. The van der Waals surface area contributed by atoms with Gasteiger partial charge in [-0.1, -0.05) is 19.3 Å². The molecule has 3 fully saturated rings. The molecule has 0 radical (unpaired) electrons. The Morgan fingerprint density at radius 1 is 0.929 bits per heavy atom. The van der Waals surface area contributed by atoms with Gasteiger partial charge in [0.05, 0.1) is 0 Å². The van der Waals surface area contributed by atoms with E-state index in [1.54, 1.807) is 10.4 Å². The third-order valence-electron chi connectivity index (χ3n) is 6.62. The Morgan fingerprint density at radius 2 is 1.64 bits per heavy atom. The van der Waals surface area contributed by atoms with Crippen molar-refractivity contribution in [2.75, 3.05) is 38.0 Å². The number of likely N-dealkylation sites (tertiary alicyclic amines) is 1. The average molecular weight is 407 g/mol. The smallest absolute Gasteiger partial charge is 0.244 e. The zero-order valence-corrected chi connectivity index (χ0v) is 17.7. The zero-order valence-electron chi connectivity index (χ0n) is 16.9. The molecule has 1 saturated carbocycles. The molecule has 3 heterocycles. The number of nitrogens with one attached hydrogen (secondary N) is 1. The Labute approximate surface area is 169 Å². The molecule has 28 heavy (non-hydrogen) atoms. The number of hydrogen-bond acceptors (Lipinski definition) is 5. The van der Waals surface area contributed by atoms with Crippen LogP contribution < -0.4 is 5.32 Å². The molecule has 1 aliphatic carbocycles. The monoisotopic (exact) mass is 406 g/mol. The van der Waals surface area contributed by atoms with E-state index in [2.05, 4.69) is 15.2 Å². The molecule has 0 atom stereocenters. The Balaban J connectivity index is 1.28. The van der Waals surface area contributed by atoms with E-state index in [0.717, 1.165) is 56.9 Å². The lowest BCUT2D eigenvalue weighted by Gasteiger charge is -2.34. The molecule has 1 aromatic heterocycles. The van der Waals surface area contributed by atoms with Crippen molar-refractivity contribution >= 4 is 15.8 Å². The third kappa shape index (κ3) is 4.86. The van der Waals surface area contributed by atoms with E-state index in [1.807, 2.05) is 6.07 Å². The van der Waals surface area contributed by atoms with Gasteiger partial charge in [-0.25, -0.2) is 13.4 Å². The van der Waals surface area contributed by atoms with Gasteiger partial charge in [0.1, 0.15) is 10.7 Å². The predicted molar refractivity (Wildman–Crippen MR) is 112 cm³/mol. The lowest BCUT2D eigenvalue weighted by atomic mass is 10.0. The summed E-state index contributed by atoms with van der Waals surface area (Å²) in [6, 6.07) is 3.95. The first-order valence-corrected chi connectivity index (χ1v) is 12.5. The van der Waals surface area contributed by atoms with Gasteiger partial charge in [0.15, 0.2) is 0 Å². The summed E-state index contributed by atoms with van der Waals surface area (Å²) in [5.41, 5.74) is 0. The summed E-state index contributed by atoms with van der Waals surface area (Å²) in [5.74, 6) is 1.70. The minimum absolute atomic E-state index is 0.311. The topological polar surface area (TPSA) is 65.5 Å². The number of piperidine rings is 2.